The van der Waals surface area contributed by atoms with E-state index in [0.717, 1.165) is 11.3 Å². The molecule has 5 nitrogen and oxygen atoms in total. The van der Waals surface area contributed by atoms with E-state index in [-0.39, 0.29) is 12.3 Å². The highest BCUT2D eigenvalue weighted by atomic mass is 35.5. The predicted molar refractivity (Wildman–Crippen MR) is 85.4 cm³/mol. The van der Waals surface area contributed by atoms with Crippen LogP contribution in [0.4, 0.5) is 0 Å². The molecule has 0 saturated heterocycles. The fourth-order valence-corrected chi connectivity index (χ4v) is 2.02. The highest BCUT2D eigenvalue weighted by Gasteiger charge is 2.09. The SMILES string of the molecule is Cc1cc(OCCCC(=O)N(C)CCCC(=O)O)ccc1Cl. The number of carboxylic acids is 1. The van der Waals surface area contributed by atoms with Crippen LogP contribution in [0.15, 0.2) is 18.2 Å². The summed E-state index contributed by atoms with van der Waals surface area (Å²) >= 11 is 5.94. The third kappa shape index (κ3) is 6.80. The third-order valence-corrected chi connectivity index (χ3v) is 3.67. The number of hydrogen-bond acceptors (Lipinski definition) is 3. The molecule has 122 valence electrons. The van der Waals surface area contributed by atoms with Gasteiger partial charge in [0.15, 0.2) is 0 Å². The summed E-state index contributed by atoms with van der Waals surface area (Å²) in [7, 11) is 1.69. The van der Waals surface area contributed by atoms with Gasteiger partial charge in [-0.05, 0) is 43.5 Å². The third-order valence-electron chi connectivity index (χ3n) is 3.24. The van der Waals surface area contributed by atoms with Crippen LogP contribution >= 0.6 is 11.6 Å². The minimum atomic E-state index is -0.840. The molecule has 0 aliphatic rings. The van der Waals surface area contributed by atoms with Crippen LogP contribution in [0, 0.1) is 6.92 Å². The highest BCUT2D eigenvalue weighted by Crippen LogP contribution is 2.21. The second-order valence-electron chi connectivity index (χ2n) is 5.18. The number of carboxylic acid groups (broad SMARTS) is 1. The van der Waals surface area contributed by atoms with Crippen molar-refractivity contribution in [2.75, 3.05) is 20.2 Å². The Balaban J connectivity index is 2.21. The Kier molecular flexibility index (Phi) is 7.74. The van der Waals surface area contributed by atoms with E-state index < -0.39 is 5.97 Å². The number of benzene rings is 1. The molecular weight excluding hydrogens is 306 g/mol. The fraction of sp³-hybridized carbons (Fsp3) is 0.500. The number of carbonyl (C=O) groups is 2. The van der Waals surface area contributed by atoms with Gasteiger partial charge in [0.05, 0.1) is 6.61 Å². The molecule has 0 radical (unpaired) electrons. The average Bonchev–Trinajstić information content (AvgIpc) is 2.46. The number of hydrogen-bond donors (Lipinski definition) is 1. The van der Waals surface area contributed by atoms with Crippen molar-refractivity contribution in [2.45, 2.75) is 32.6 Å². The van der Waals surface area contributed by atoms with Crippen molar-refractivity contribution >= 4 is 23.5 Å². The molecule has 0 aliphatic heterocycles. The quantitative estimate of drug-likeness (QED) is 0.708. The molecule has 0 spiro atoms. The summed E-state index contributed by atoms with van der Waals surface area (Å²) in [6.07, 6.45) is 1.55. The standard InChI is InChI=1S/C16H22ClNO4/c1-12-11-13(7-8-14(12)17)22-10-4-5-15(19)18(2)9-3-6-16(20)21/h7-8,11H,3-6,9-10H2,1-2H3,(H,20,21). The molecule has 1 N–H and O–H groups in total. The zero-order valence-electron chi connectivity index (χ0n) is 13.0. The maximum atomic E-state index is 11.8. The Morgan fingerprint density at radius 1 is 1.27 bits per heavy atom. The summed E-state index contributed by atoms with van der Waals surface area (Å²) in [4.78, 5) is 23.8. The molecule has 0 bridgehead atoms. The zero-order valence-corrected chi connectivity index (χ0v) is 13.7. The lowest BCUT2D eigenvalue weighted by Gasteiger charge is -2.16. The van der Waals surface area contributed by atoms with E-state index in [9.17, 15) is 9.59 Å². The number of halogens is 1. The van der Waals surface area contributed by atoms with E-state index >= 15 is 0 Å². The van der Waals surface area contributed by atoms with Gasteiger partial charge in [-0.25, -0.2) is 0 Å². The second kappa shape index (κ2) is 9.30. The Hall–Kier alpha value is -1.75. The lowest BCUT2D eigenvalue weighted by Crippen LogP contribution is -2.28. The maximum absolute atomic E-state index is 11.8. The van der Waals surface area contributed by atoms with Crippen LogP contribution in [-0.2, 0) is 9.59 Å². The summed E-state index contributed by atoms with van der Waals surface area (Å²) in [6, 6.07) is 5.45. The molecule has 22 heavy (non-hydrogen) atoms. The Morgan fingerprint density at radius 3 is 2.64 bits per heavy atom. The fourth-order valence-electron chi connectivity index (χ4n) is 1.90. The Morgan fingerprint density at radius 2 is 2.00 bits per heavy atom. The normalized spacial score (nSPS) is 10.3. The molecule has 0 atom stereocenters. The van der Waals surface area contributed by atoms with Crippen LogP contribution < -0.4 is 4.74 Å². The first-order chi connectivity index (χ1) is 10.4. The van der Waals surface area contributed by atoms with Crippen molar-refractivity contribution in [3.63, 3.8) is 0 Å². The molecule has 0 heterocycles. The van der Waals surface area contributed by atoms with E-state index in [1.54, 1.807) is 24.1 Å². The first-order valence-corrected chi connectivity index (χ1v) is 7.62. The van der Waals surface area contributed by atoms with Gasteiger partial charge in [-0.15, -0.1) is 0 Å². The maximum Gasteiger partial charge on any atom is 0.303 e. The molecule has 1 aromatic rings. The number of rotatable bonds is 9. The van der Waals surface area contributed by atoms with E-state index in [0.29, 0.717) is 37.4 Å². The molecule has 0 unspecified atom stereocenters. The summed E-state index contributed by atoms with van der Waals surface area (Å²) < 4.78 is 5.58. The van der Waals surface area contributed by atoms with Crippen molar-refractivity contribution in [1.29, 1.82) is 0 Å². The van der Waals surface area contributed by atoms with Gasteiger partial charge in [-0.3, -0.25) is 9.59 Å². The van der Waals surface area contributed by atoms with Gasteiger partial charge in [0.25, 0.3) is 0 Å². The lowest BCUT2D eigenvalue weighted by molar-refractivity contribution is -0.138. The van der Waals surface area contributed by atoms with E-state index in [1.807, 2.05) is 13.0 Å². The van der Waals surface area contributed by atoms with E-state index in [1.165, 1.54) is 0 Å². The second-order valence-corrected chi connectivity index (χ2v) is 5.58. The molecule has 0 aromatic heterocycles. The topological polar surface area (TPSA) is 66.8 Å². The molecule has 0 saturated carbocycles. The molecule has 1 rings (SSSR count). The molecule has 6 heteroatoms. The molecule has 0 aliphatic carbocycles. The van der Waals surface area contributed by atoms with E-state index in [2.05, 4.69) is 0 Å². The predicted octanol–water partition coefficient (Wildman–Crippen LogP) is 3.13. The number of carbonyl (C=O) groups excluding carboxylic acids is 1. The van der Waals surface area contributed by atoms with Crippen molar-refractivity contribution in [2.24, 2.45) is 0 Å². The monoisotopic (exact) mass is 327 g/mol. The van der Waals surface area contributed by atoms with Gasteiger partial charge >= 0.3 is 5.97 Å². The zero-order chi connectivity index (χ0) is 16.5. The summed E-state index contributed by atoms with van der Waals surface area (Å²) in [5.41, 5.74) is 0.952. The summed E-state index contributed by atoms with van der Waals surface area (Å²) in [5.74, 6) is -0.0991. The largest absolute Gasteiger partial charge is 0.494 e. The van der Waals surface area contributed by atoms with Crippen molar-refractivity contribution in [1.82, 2.24) is 4.90 Å². The van der Waals surface area contributed by atoms with Gasteiger partial charge in [-0.2, -0.15) is 0 Å². The smallest absolute Gasteiger partial charge is 0.303 e. The van der Waals surface area contributed by atoms with Gasteiger partial charge in [0.1, 0.15) is 5.75 Å². The minimum absolute atomic E-state index is 0.00118. The average molecular weight is 328 g/mol. The van der Waals surface area contributed by atoms with Crippen molar-refractivity contribution in [3.05, 3.63) is 28.8 Å². The van der Waals surface area contributed by atoms with Crippen LogP contribution in [0.2, 0.25) is 5.02 Å². The molecule has 1 amide bonds. The van der Waals surface area contributed by atoms with Crippen molar-refractivity contribution < 1.29 is 19.4 Å². The molecule has 1 aromatic carbocycles. The Bertz CT molecular complexity index is 519. The van der Waals surface area contributed by atoms with Gasteiger partial charge < -0.3 is 14.7 Å². The summed E-state index contributed by atoms with van der Waals surface area (Å²) in [6.45, 7) is 2.82. The van der Waals surface area contributed by atoms with Crippen molar-refractivity contribution in [3.8, 4) is 5.75 Å². The van der Waals surface area contributed by atoms with Gasteiger partial charge in [0, 0.05) is 31.5 Å². The van der Waals surface area contributed by atoms with Crippen LogP contribution in [0.25, 0.3) is 0 Å². The summed E-state index contributed by atoms with van der Waals surface area (Å²) in [5, 5.41) is 9.25. The van der Waals surface area contributed by atoms with Crippen LogP contribution in [0.5, 0.6) is 5.75 Å². The highest BCUT2D eigenvalue weighted by molar-refractivity contribution is 6.31. The van der Waals surface area contributed by atoms with Crippen LogP contribution in [0.1, 0.15) is 31.2 Å². The lowest BCUT2D eigenvalue weighted by atomic mass is 10.2. The molecular formula is C16H22ClNO4. The minimum Gasteiger partial charge on any atom is -0.494 e. The Labute approximate surface area is 135 Å². The number of amides is 1. The number of aryl methyl sites for hydroxylation is 1. The first-order valence-electron chi connectivity index (χ1n) is 7.25. The van der Waals surface area contributed by atoms with E-state index in [4.69, 9.17) is 21.4 Å². The number of ether oxygens (including phenoxy) is 1. The van der Waals surface area contributed by atoms with Crippen LogP contribution in [-0.4, -0.2) is 42.1 Å². The van der Waals surface area contributed by atoms with Gasteiger partial charge in [-0.1, -0.05) is 11.6 Å². The number of nitrogens with zero attached hydrogens (tertiary/aromatic N) is 1. The van der Waals surface area contributed by atoms with Crippen LogP contribution in [0.3, 0.4) is 0 Å². The molecule has 0 fully saturated rings. The van der Waals surface area contributed by atoms with Gasteiger partial charge in [0.2, 0.25) is 5.91 Å². The first kappa shape index (κ1) is 18.3. The number of aliphatic carboxylic acids is 1.